The van der Waals surface area contributed by atoms with Gasteiger partial charge in [-0.25, -0.2) is 4.98 Å². The predicted octanol–water partition coefficient (Wildman–Crippen LogP) is 10.4. The highest BCUT2D eigenvalue weighted by Gasteiger charge is 2.19. The number of pyridine rings is 1. The number of nitrogens with zero attached hydrogens (tertiary/aromatic N) is 4. The maximum absolute atomic E-state index is 6.57. The molecule has 5 heteroatoms. The zero-order chi connectivity index (χ0) is 33.7. The molecule has 0 unspecified atom stereocenters. The van der Waals surface area contributed by atoms with Crippen LogP contribution in [-0.2, 0) is 5.41 Å². The summed E-state index contributed by atoms with van der Waals surface area (Å²) in [5, 5.41) is 2.35. The number of hydrogen-bond acceptors (Lipinski definition) is 2. The first-order valence-corrected chi connectivity index (χ1v) is 16.7. The lowest BCUT2D eigenvalue weighted by Crippen LogP contribution is -2.32. The number of ether oxygens (including phenoxy) is 1. The summed E-state index contributed by atoms with van der Waals surface area (Å²) < 4.78 is 13.1. The first-order valence-electron chi connectivity index (χ1n) is 16.7. The molecule has 240 valence electrons. The van der Waals surface area contributed by atoms with E-state index in [9.17, 15) is 0 Å². The van der Waals surface area contributed by atoms with Gasteiger partial charge in [-0.3, -0.25) is 13.7 Å². The van der Waals surface area contributed by atoms with Gasteiger partial charge < -0.3 is 4.74 Å². The third-order valence-corrected chi connectivity index (χ3v) is 9.40. The number of rotatable bonds is 6. The zero-order valence-electron chi connectivity index (χ0n) is 28.5. The van der Waals surface area contributed by atoms with Crippen molar-refractivity contribution < 1.29 is 9.30 Å². The van der Waals surface area contributed by atoms with Crippen molar-refractivity contribution in [3.8, 4) is 39.8 Å². The van der Waals surface area contributed by atoms with Gasteiger partial charge in [0.2, 0.25) is 0 Å². The summed E-state index contributed by atoms with van der Waals surface area (Å²) in [6.45, 7) is 11.0. The highest BCUT2D eigenvalue weighted by Crippen LogP contribution is 2.36. The van der Waals surface area contributed by atoms with Gasteiger partial charge in [0.05, 0.1) is 33.8 Å². The van der Waals surface area contributed by atoms with E-state index in [1.54, 1.807) is 0 Å². The van der Waals surface area contributed by atoms with Gasteiger partial charge in [0.15, 0.2) is 0 Å². The molecule has 0 saturated heterocycles. The Hall–Kier alpha value is -5.94. The molecular weight excluding hydrogens is 601 g/mol. The molecule has 0 radical (unpaired) electrons. The number of aromatic nitrogens is 4. The van der Waals surface area contributed by atoms with Crippen LogP contribution in [0.15, 0.2) is 140 Å². The summed E-state index contributed by atoms with van der Waals surface area (Å²) in [6.07, 6.45) is 5.51. The second-order valence-electron chi connectivity index (χ2n) is 13.6. The Morgan fingerprint density at radius 3 is 2.22 bits per heavy atom. The molecular formula is C44H38N4O. The summed E-state index contributed by atoms with van der Waals surface area (Å²) in [6, 6.07) is 46.4. The fraction of sp³-hybridized carbons (Fsp3) is 0.136. The molecule has 5 nitrogen and oxygen atoms in total. The zero-order valence-corrected chi connectivity index (χ0v) is 28.5. The van der Waals surface area contributed by atoms with E-state index in [1.165, 1.54) is 22.1 Å². The maximum atomic E-state index is 6.57. The van der Waals surface area contributed by atoms with E-state index in [4.69, 9.17) is 9.72 Å². The van der Waals surface area contributed by atoms with Gasteiger partial charge in [0, 0.05) is 23.0 Å². The Balaban J connectivity index is 1.15. The Kier molecular flexibility index (Phi) is 7.41. The van der Waals surface area contributed by atoms with Crippen LogP contribution < -0.4 is 9.30 Å². The molecule has 8 rings (SSSR count). The molecule has 0 N–H and O–H groups in total. The molecule has 3 heterocycles. The van der Waals surface area contributed by atoms with Crippen molar-refractivity contribution >= 4 is 21.8 Å². The number of benzene rings is 5. The molecule has 0 aliphatic heterocycles. The first-order chi connectivity index (χ1) is 23.7. The van der Waals surface area contributed by atoms with Crippen molar-refractivity contribution in [3.05, 3.63) is 163 Å². The van der Waals surface area contributed by atoms with Crippen molar-refractivity contribution in [2.45, 2.75) is 40.0 Å². The van der Waals surface area contributed by atoms with E-state index in [1.807, 2.05) is 24.4 Å². The van der Waals surface area contributed by atoms with Crippen molar-refractivity contribution in [3.63, 3.8) is 0 Å². The molecule has 0 fully saturated rings. The first kappa shape index (κ1) is 30.4. The monoisotopic (exact) mass is 638 g/mol. The molecule has 0 amide bonds. The fourth-order valence-electron chi connectivity index (χ4n) is 6.62. The maximum Gasteiger partial charge on any atom is 0.269 e. The lowest BCUT2D eigenvalue weighted by atomic mass is 9.88. The largest absolute Gasteiger partial charge is 0.458 e. The highest BCUT2D eigenvalue weighted by molar-refractivity contribution is 6.09. The highest BCUT2D eigenvalue weighted by atomic mass is 16.5. The molecule has 5 aromatic carbocycles. The molecule has 3 aromatic heterocycles. The van der Waals surface area contributed by atoms with Gasteiger partial charge in [-0.1, -0.05) is 87.5 Å². The fourth-order valence-corrected chi connectivity index (χ4v) is 6.62. The number of hydrogen-bond donors (Lipinski definition) is 0. The topological polar surface area (TPSA) is 35.9 Å². The van der Waals surface area contributed by atoms with E-state index < -0.39 is 0 Å². The number of imidazole rings is 1. The Morgan fingerprint density at radius 2 is 1.39 bits per heavy atom. The van der Waals surface area contributed by atoms with Crippen molar-refractivity contribution in [2.24, 2.45) is 0 Å². The molecule has 0 atom stereocenters. The van der Waals surface area contributed by atoms with Gasteiger partial charge in [0.25, 0.3) is 6.33 Å². The minimum atomic E-state index is 0.00918. The molecule has 0 aliphatic rings. The van der Waals surface area contributed by atoms with Crippen LogP contribution in [0.4, 0.5) is 0 Å². The lowest BCUT2D eigenvalue weighted by Gasteiger charge is -2.20. The van der Waals surface area contributed by atoms with Gasteiger partial charge in [-0.05, 0) is 96.6 Å². The summed E-state index contributed by atoms with van der Waals surface area (Å²) in [4.78, 5) is 4.83. The average Bonchev–Trinajstić information content (AvgIpc) is 3.61. The summed E-state index contributed by atoms with van der Waals surface area (Å²) in [5.74, 6) is 2.41. The van der Waals surface area contributed by atoms with Crippen molar-refractivity contribution in [1.29, 1.82) is 0 Å². The van der Waals surface area contributed by atoms with Crippen LogP contribution in [-0.4, -0.2) is 14.1 Å². The van der Waals surface area contributed by atoms with Crippen molar-refractivity contribution in [1.82, 2.24) is 14.1 Å². The minimum absolute atomic E-state index is 0.00918. The van der Waals surface area contributed by atoms with Crippen LogP contribution in [0.2, 0.25) is 0 Å². The summed E-state index contributed by atoms with van der Waals surface area (Å²) >= 11 is 0. The lowest BCUT2D eigenvalue weighted by molar-refractivity contribution is -0.606. The normalized spacial score (nSPS) is 11.8. The van der Waals surface area contributed by atoms with Gasteiger partial charge in [-0.2, -0.15) is 0 Å². The van der Waals surface area contributed by atoms with E-state index in [0.29, 0.717) is 0 Å². The molecule has 0 spiro atoms. The molecule has 0 aliphatic carbocycles. The SMILES string of the molecule is Cc1c(C)[n+](-c2cccc(-c3ccccc3)c2)[c-]n1-c1cccc(Oc2ccc3c4ccccc4n(-c4cc(C(C)(C)C)ccn4)c3c2)c1. The Morgan fingerprint density at radius 1 is 0.653 bits per heavy atom. The quantitative estimate of drug-likeness (QED) is 0.134. The molecule has 49 heavy (non-hydrogen) atoms. The Labute approximate surface area is 287 Å². The van der Waals surface area contributed by atoms with E-state index in [-0.39, 0.29) is 5.41 Å². The molecule has 8 aromatic rings. The van der Waals surface area contributed by atoms with E-state index in [0.717, 1.165) is 56.5 Å². The van der Waals surface area contributed by atoms with Crippen molar-refractivity contribution in [2.75, 3.05) is 0 Å². The third kappa shape index (κ3) is 5.57. The third-order valence-electron chi connectivity index (χ3n) is 9.40. The average molecular weight is 639 g/mol. The van der Waals surface area contributed by atoms with Crippen LogP contribution in [0.5, 0.6) is 11.5 Å². The smallest absolute Gasteiger partial charge is 0.269 e. The summed E-state index contributed by atoms with van der Waals surface area (Å²) in [5.41, 5.74) is 10.1. The van der Waals surface area contributed by atoms with E-state index >= 15 is 0 Å². The van der Waals surface area contributed by atoms with Gasteiger partial charge in [-0.15, -0.1) is 0 Å². The number of para-hydroxylation sites is 1. The summed E-state index contributed by atoms with van der Waals surface area (Å²) in [7, 11) is 0. The second-order valence-corrected chi connectivity index (χ2v) is 13.6. The molecule has 0 saturated carbocycles. The standard InChI is InChI=1S/C44H38N4O/c1-30-31(2)47(29-46(30)35-16-11-15-33(25-35)32-13-7-6-8-14-32)36-17-12-18-37(27-36)49-38-21-22-40-39-19-9-10-20-41(39)48(42(40)28-38)43-26-34(23-24-45-43)44(3,4)5/h6-28H,1-5H3. The van der Waals surface area contributed by atoms with Crippen LogP contribution in [0.25, 0.3) is 50.1 Å². The molecule has 0 bridgehead atoms. The van der Waals surface area contributed by atoms with Gasteiger partial charge >= 0.3 is 0 Å². The number of fused-ring (bicyclic) bond motifs is 3. The Bertz CT molecular complexity index is 2480. The van der Waals surface area contributed by atoms with Crippen LogP contribution in [0, 0.1) is 20.2 Å². The van der Waals surface area contributed by atoms with Crippen LogP contribution >= 0.6 is 0 Å². The van der Waals surface area contributed by atoms with Crippen LogP contribution in [0.1, 0.15) is 37.7 Å². The van der Waals surface area contributed by atoms with Gasteiger partial charge in [0.1, 0.15) is 17.3 Å². The van der Waals surface area contributed by atoms with E-state index in [2.05, 4.69) is 170 Å². The predicted molar refractivity (Wildman–Crippen MR) is 198 cm³/mol. The van der Waals surface area contributed by atoms with Crippen LogP contribution in [0.3, 0.4) is 0 Å². The second kappa shape index (κ2) is 11.9. The minimum Gasteiger partial charge on any atom is -0.458 e.